The van der Waals surface area contributed by atoms with E-state index >= 15 is 0 Å². The summed E-state index contributed by atoms with van der Waals surface area (Å²) in [5, 5.41) is 2.54. The molecule has 0 saturated heterocycles. The molecule has 0 aliphatic rings. The minimum atomic E-state index is -0.806. The number of nitrogens with zero attached hydrogens (tertiary/aromatic N) is 1. The van der Waals surface area contributed by atoms with Crippen LogP contribution in [0.15, 0.2) is 12.3 Å². The summed E-state index contributed by atoms with van der Waals surface area (Å²) in [5.41, 5.74) is 6.90. The Balaban J connectivity index is 2.48. The van der Waals surface area contributed by atoms with Gasteiger partial charge < -0.3 is 16.5 Å². The van der Waals surface area contributed by atoms with Gasteiger partial charge in [0.15, 0.2) is 11.6 Å². The monoisotopic (exact) mass is 269 g/mol. The van der Waals surface area contributed by atoms with Crippen LogP contribution in [-0.2, 0) is 4.79 Å². The highest BCUT2D eigenvalue weighted by Gasteiger charge is 2.14. The van der Waals surface area contributed by atoms with Gasteiger partial charge in [0.25, 0.3) is 5.91 Å². The summed E-state index contributed by atoms with van der Waals surface area (Å²) in [7, 11) is 0. The van der Waals surface area contributed by atoms with Crippen LogP contribution in [0.25, 0.3) is 0 Å². The standard InChI is InChI=1S/C11H16FN5O2/c12-9-7(4-6-15-10(9)17-14)11(19)16-5-2-1-3-8(13)18/h4,6H,1-3,5,14H2,(H2,13,18)(H,15,17)(H,16,19). The van der Waals surface area contributed by atoms with Crippen molar-refractivity contribution in [2.24, 2.45) is 11.6 Å². The number of aromatic nitrogens is 1. The molecule has 0 fully saturated rings. The van der Waals surface area contributed by atoms with Crippen molar-refractivity contribution < 1.29 is 14.0 Å². The average Bonchev–Trinajstić information content (AvgIpc) is 2.38. The third kappa shape index (κ3) is 4.51. The van der Waals surface area contributed by atoms with E-state index in [2.05, 4.69) is 15.7 Å². The fourth-order valence-electron chi connectivity index (χ4n) is 1.44. The van der Waals surface area contributed by atoms with Crippen molar-refractivity contribution in [1.82, 2.24) is 10.3 Å². The number of anilines is 1. The molecule has 0 atom stereocenters. The van der Waals surface area contributed by atoms with Gasteiger partial charge in [-0.3, -0.25) is 9.59 Å². The molecule has 1 rings (SSSR count). The Kier molecular flexibility index (Phi) is 5.68. The Morgan fingerprint density at radius 1 is 1.37 bits per heavy atom. The highest BCUT2D eigenvalue weighted by molar-refractivity contribution is 5.95. The van der Waals surface area contributed by atoms with Crippen LogP contribution in [0.4, 0.5) is 10.2 Å². The number of amides is 2. The second kappa shape index (κ2) is 7.27. The van der Waals surface area contributed by atoms with E-state index in [1.54, 1.807) is 0 Å². The molecule has 0 spiro atoms. The number of carbonyl (C=O) groups is 2. The number of carbonyl (C=O) groups excluding carboxylic acids is 2. The van der Waals surface area contributed by atoms with E-state index in [-0.39, 0.29) is 23.7 Å². The van der Waals surface area contributed by atoms with Crippen molar-refractivity contribution in [2.45, 2.75) is 19.3 Å². The van der Waals surface area contributed by atoms with Gasteiger partial charge in [-0.1, -0.05) is 0 Å². The second-order valence-corrected chi connectivity index (χ2v) is 3.84. The van der Waals surface area contributed by atoms with Crippen LogP contribution in [0, 0.1) is 5.82 Å². The first-order valence-electron chi connectivity index (χ1n) is 5.74. The molecule has 8 heteroatoms. The highest BCUT2D eigenvalue weighted by atomic mass is 19.1. The summed E-state index contributed by atoms with van der Waals surface area (Å²) in [6.45, 7) is 0.333. The van der Waals surface area contributed by atoms with E-state index in [0.717, 1.165) is 0 Å². The number of nitrogen functional groups attached to an aromatic ring is 1. The van der Waals surface area contributed by atoms with Crippen molar-refractivity contribution in [2.75, 3.05) is 12.0 Å². The zero-order valence-corrected chi connectivity index (χ0v) is 10.3. The van der Waals surface area contributed by atoms with Crippen LogP contribution in [-0.4, -0.2) is 23.3 Å². The number of halogens is 1. The topological polar surface area (TPSA) is 123 Å². The number of nitrogens with one attached hydrogen (secondary N) is 2. The van der Waals surface area contributed by atoms with Crippen LogP contribution < -0.4 is 22.3 Å². The predicted octanol–water partition coefficient (Wildman–Crippen LogP) is -0.108. The fourth-order valence-corrected chi connectivity index (χ4v) is 1.44. The van der Waals surface area contributed by atoms with E-state index in [1.165, 1.54) is 12.3 Å². The first kappa shape index (κ1) is 14.8. The van der Waals surface area contributed by atoms with Crippen molar-refractivity contribution in [3.05, 3.63) is 23.6 Å². The smallest absolute Gasteiger partial charge is 0.254 e. The van der Waals surface area contributed by atoms with Crippen molar-refractivity contribution >= 4 is 17.6 Å². The molecule has 0 saturated carbocycles. The third-order valence-corrected chi connectivity index (χ3v) is 2.41. The van der Waals surface area contributed by atoms with Gasteiger partial charge in [-0.05, 0) is 18.9 Å². The molecule has 0 aromatic carbocycles. The Morgan fingerprint density at radius 2 is 2.11 bits per heavy atom. The lowest BCUT2D eigenvalue weighted by atomic mass is 10.2. The molecule has 6 N–H and O–H groups in total. The Hall–Kier alpha value is -2.22. The summed E-state index contributed by atoms with van der Waals surface area (Å²) >= 11 is 0. The fraction of sp³-hybridized carbons (Fsp3) is 0.364. The van der Waals surface area contributed by atoms with Gasteiger partial charge in [-0.25, -0.2) is 15.2 Å². The molecule has 104 valence electrons. The molecule has 2 amide bonds. The highest BCUT2D eigenvalue weighted by Crippen LogP contribution is 2.13. The number of unbranched alkanes of at least 4 members (excludes halogenated alkanes) is 1. The molecule has 1 aromatic heterocycles. The second-order valence-electron chi connectivity index (χ2n) is 3.84. The van der Waals surface area contributed by atoms with Gasteiger partial charge in [0.05, 0.1) is 5.56 Å². The molecule has 0 radical (unpaired) electrons. The Morgan fingerprint density at radius 3 is 2.74 bits per heavy atom. The third-order valence-electron chi connectivity index (χ3n) is 2.41. The first-order valence-corrected chi connectivity index (χ1v) is 5.74. The minimum absolute atomic E-state index is 0.141. The molecule has 0 bridgehead atoms. The summed E-state index contributed by atoms with van der Waals surface area (Å²) in [4.78, 5) is 25.8. The summed E-state index contributed by atoms with van der Waals surface area (Å²) in [5.74, 6) is 3.12. The maximum Gasteiger partial charge on any atom is 0.254 e. The quantitative estimate of drug-likeness (QED) is 0.312. The maximum absolute atomic E-state index is 13.7. The molecule has 19 heavy (non-hydrogen) atoms. The Labute approximate surface area is 109 Å². The number of hydrogen-bond donors (Lipinski definition) is 4. The first-order chi connectivity index (χ1) is 9.06. The molecule has 1 aromatic rings. The van der Waals surface area contributed by atoms with Crippen LogP contribution in [0.5, 0.6) is 0 Å². The largest absolute Gasteiger partial charge is 0.370 e. The lowest BCUT2D eigenvalue weighted by molar-refractivity contribution is -0.118. The number of hydrazine groups is 1. The van der Waals surface area contributed by atoms with Gasteiger partial charge in [0.1, 0.15) is 0 Å². The van der Waals surface area contributed by atoms with Crippen molar-refractivity contribution in [3.8, 4) is 0 Å². The van der Waals surface area contributed by atoms with E-state index in [1.807, 2.05) is 0 Å². The summed E-state index contributed by atoms with van der Waals surface area (Å²) in [6.07, 6.45) is 2.70. The number of pyridine rings is 1. The van der Waals surface area contributed by atoms with Crippen LogP contribution >= 0.6 is 0 Å². The van der Waals surface area contributed by atoms with Crippen LogP contribution in [0.3, 0.4) is 0 Å². The maximum atomic E-state index is 13.7. The molecular formula is C11H16FN5O2. The zero-order valence-electron chi connectivity index (χ0n) is 10.3. The van der Waals surface area contributed by atoms with E-state index in [0.29, 0.717) is 19.4 Å². The number of nitrogens with two attached hydrogens (primary N) is 2. The Bertz CT molecular complexity index is 466. The summed E-state index contributed by atoms with van der Waals surface area (Å²) in [6, 6.07) is 1.26. The molecule has 1 heterocycles. The van der Waals surface area contributed by atoms with E-state index in [9.17, 15) is 14.0 Å². The van der Waals surface area contributed by atoms with Crippen LogP contribution in [0.2, 0.25) is 0 Å². The van der Waals surface area contributed by atoms with Gasteiger partial charge in [0.2, 0.25) is 5.91 Å². The van der Waals surface area contributed by atoms with Gasteiger partial charge in [-0.15, -0.1) is 0 Å². The molecular weight excluding hydrogens is 253 g/mol. The minimum Gasteiger partial charge on any atom is -0.370 e. The normalized spacial score (nSPS) is 10.0. The summed E-state index contributed by atoms with van der Waals surface area (Å²) < 4.78 is 13.7. The molecule has 0 unspecified atom stereocenters. The number of hydrogen-bond acceptors (Lipinski definition) is 5. The van der Waals surface area contributed by atoms with E-state index < -0.39 is 11.7 Å². The van der Waals surface area contributed by atoms with Gasteiger partial charge in [0, 0.05) is 19.2 Å². The lowest BCUT2D eigenvalue weighted by Crippen LogP contribution is -2.26. The van der Waals surface area contributed by atoms with Crippen molar-refractivity contribution in [3.63, 3.8) is 0 Å². The lowest BCUT2D eigenvalue weighted by Gasteiger charge is -2.07. The number of primary amides is 1. The zero-order chi connectivity index (χ0) is 14.3. The van der Waals surface area contributed by atoms with Gasteiger partial charge in [-0.2, -0.15) is 0 Å². The average molecular weight is 269 g/mol. The SMILES string of the molecule is NNc1nccc(C(=O)NCCCCC(N)=O)c1F. The van der Waals surface area contributed by atoms with Crippen molar-refractivity contribution in [1.29, 1.82) is 0 Å². The number of rotatable bonds is 7. The molecule has 7 nitrogen and oxygen atoms in total. The predicted molar refractivity (Wildman–Crippen MR) is 67.4 cm³/mol. The van der Waals surface area contributed by atoms with Gasteiger partial charge >= 0.3 is 0 Å². The molecule has 0 aliphatic carbocycles. The van der Waals surface area contributed by atoms with Crippen LogP contribution in [0.1, 0.15) is 29.6 Å². The van der Waals surface area contributed by atoms with E-state index in [4.69, 9.17) is 11.6 Å². The molecule has 0 aliphatic heterocycles.